The summed E-state index contributed by atoms with van der Waals surface area (Å²) in [5, 5.41) is 1.91. The highest BCUT2D eigenvalue weighted by Gasteiger charge is 2.12. The Morgan fingerprint density at radius 2 is 1.75 bits per heavy atom. The number of thiophene rings is 1. The van der Waals surface area contributed by atoms with Gasteiger partial charge < -0.3 is 4.74 Å². The predicted octanol–water partition coefficient (Wildman–Crippen LogP) is 3.66. The molecule has 2 rings (SSSR count). The van der Waals surface area contributed by atoms with Crippen LogP contribution in [-0.2, 0) is 22.4 Å². The molecule has 1 aromatic carbocycles. The van der Waals surface area contributed by atoms with Gasteiger partial charge in [-0.15, -0.1) is 11.3 Å². The van der Waals surface area contributed by atoms with Gasteiger partial charge in [-0.3, -0.25) is 14.4 Å². The number of benzene rings is 1. The van der Waals surface area contributed by atoms with Crippen molar-refractivity contribution in [1.29, 1.82) is 0 Å². The third-order valence-corrected chi connectivity index (χ3v) is 4.56. The molecule has 0 saturated carbocycles. The molecule has 0 fully saturated rings. The third kappa shape index (κ3) is 5.42. The monoisotopic (exact) mass is 344 g/mol. The van der Waals surface area contributed by atoms with E-state index in [0.29, 0.717) is 24.2 Å². The molecule has 0 radical (unpaired) electrons. The van der Waals surface area contributed by atoms with E-state index in [2.05, 4.69) is 0 Å². The number of carbonyl (C=O) groups excluding carboxylic acids is 3. The molecule has 0 saturated heterocycles. The molecule has 0 bridgehead atoms. The molecule has 0 amide bonds. The van der Waals surface area contributed by atoms with Crippen LogP contribution in [0.15, 0.2) is 35.7 Å². The van der Waals surface area contributed by atoms with E-state index in [1.165, 1.54) is 11.3 Å². The molecule has 0 spiro atoms. The van der Waals surface area contributed by atoms with Crippen molar-refractivity contribution in [2.24, 2.45) is 0 Å². The molecule has 0 aliphatic rings. The zero-order valence-electron chi connectivity index (χ0n) is 13.8. The molecule has 1 heterocycles. The van der Waals surface area contributed by atoms with E-state index in [1.807, 2.05) is 11.4 Å². The first-order chi connectivity index (χ1) is 11.5. The maximum absolute atomic E-state index is 12.1. The van der Waals surface area contributed by atoms with Gasteiger partial charge in [-0.2, -0.15) is 0 Å². The summed E-state index contributed by atoms with van der Waals surface area (Å²) in [5.74, 6) is 0.792. The van der Waals surface area contributed by atoms with Crippen LogP contribution in [-0.4, -0.2) is 24.5 Å². The smallest absolute Gasteiger partial charge is 0.163 e. The topological polar surface area (TPSA) is 60.4 Å². The number of hydrogen-bond acceptors (Lipinski definition) is 5. The van der Waals surface area contributed by atoms with Crippen molar-refractivity contribution in [2.45, 2.75) is 32.6 Å². The molecule has 0 N–H and O–H groups in total. The van der Waals surface area contributed by atoms with Crippen molar-refractivity contribution in [3.63, 3.8) is 0 Å². The van der Waals surface area contributed by atoms with Gasteiger partial charge in [-0.25, -0.2) is 0 Å². The Morgan fingerprint density at radius 1 is 1.04 bits per heavy atom. The second kappa shape index (κ2) is 8.55. The molecule has 0 aliphatic carbocycles. The van der Waals surface area contributed by atoms with Crippen molar-refractivity contribution in [3.05, 3.63) is 51.7 Å². The predicted molar refractivity (Wildman–Crippen MR) is 94.0 cm³/mol. The van der Waals surface area contributed by atoms with Crippen molar-refractivity contribution >= 4 is 28.7 Å². The van der Waals surface area contributed by atoms with Gasteiger partial charge in [-0.05, 0) is 48.2 Å². The van der Waals surface area contributed by atoms with Crippen LogP contribution < -0.4 is 4.74 Å². The van der Waals surface area contributed by atoms with Crippen LogP contribution in [0.25, 0.3) is 0 Å². The number of rotatable bonds is 9. The molecule has 2 aromatic rings. The summed E-state index contributed by atoms with van der Waals surface area (Å²) in [7, 11) is 1.57. The lowest BCUT2D eigenvalue weighted by Gasteiger charge is -2.03. The summed E-state index contributed by atoms with van der Waals surface area (Å²) >= 11 is 1.48. The van der Waals surface area contributed by atoms with Crippen LogP contribution >= 0.6 is 11.3 Å². The number of carbonyl (C=O) groups is 3. The molecule has 0 atom stereocenters. The highest BCUT2D eigenvalue weighted by Crippen LogP contribution is 2.18. The van der Waals surface area contributed by atoms with Crippen LogP contribution in [0.2, 0.25) is 0 Å². The van der Waals surface area contributed by atoms with Crippen molar-refractivity contribution in [3.8, 4) is 5.75 Å². The first kappa shape index (κ1) is 18.1. The summed E-state index contributed by atoms with van der Waals surface area (Å²) in [4.78, 5) is 36.2. The average Bonchev–Trinajstić information content (AvgIpc) is 2.98. The highest BCUT2D eigenvalue weighted by atomic mass is 32.1. The second-order valence-electron chi connectivity index (χ2n) is 5.67. The van der Waals surface area contributed by atoms with Gasteiger partial charge in [0.2, 0.25) is 0 Å². The summed E-state index contributed by atoms with van der Waals surface area (Å²) in [5.41, 5.74) is 1.54. The highest BCUT2D eigenvalue weighted by molar-refractivity contribution is 7.10. The quantitative estimate of drug-likeness (QED) is 0.651. The molecule has 1 aromatic heterocycles. The minimum atomic E-state index is -0.0468. The maximum Gasteiger partial charge on any atom is 0.163 e. The minimum absolute atomic E-state index is 0.0353. The van der Waals surface area contributed by atoms with Crippen LogP contribution in [0.1, 0.15) is 40.6 Å². The van der Waals surface area contributed by atoms with Gasteiger partial charge in [0.15, 0.2) is 5.78 Å². The van der Waals surface area contributed by atoms with E-state index in [-0.39, 0.29) is 30.2 Å². The van der Waals surface area contributed by atoms with Crippen molar-refractivity contribution in [2.75, 3.05) is 7.11 Å². The van der Waals surface area contributed by atoms with E-state index < -0.39 is 0 Å². The summed E-state index contributed by atoms with van der Waals surface area (Å²) in [6.45, 7) is 1.55. The molecular weight excluding hydrogens is 324 g/mol. The lowest BCUT2D eigenvalue weighted by atomic mass is 10.0. The Labute approximate surface area is 145 Å². The Balaban J connectivity index is 1.82. The molecule has 0 unspecified atom stereocenters. The lowest BCUT2D eigenvalue weighted by Crippen LogP contribution is -2.06. The molecular formula is C19H20O4S. The SMILES string of the molecule is COc1ccc(C(=O)CCC(=O)Cc2cc(CC(C)=O)cs2)cc1. The lowest BCUT2D eigenvalue weighted by molar-refractivity contribution is -0.118. The first-order valence-electron chi connectivity index (χ1n) is 7.72. The van der Waals surface area contributed by atoms with Gasteiger partial charge >= 0.3 is 0 Å². The van der Waals surface area contributed by atoms with Gasteiger partial charge in [-0.1, -0.05) is 0 Å². The average molecular weight is 344 g/mol. The number of ketones is 3. The number of Topliss-reactive ketones (excluding diaryl/α,β-unsaturated/α-hetero) is 3. The van der Waals surface area contributed by atoms with Crippen molar-refractivity contribution in [1.82, 2.24) is 0 Å². The van der Waals surface area contributed by atoms with Gasteiger partial charge in [0.05, 0.1) is 7.11 Å². The van der Waals surface area contributed by atoms with E-state index >= 15 is 0 Å². The fraction of sp³-hybridized carbons (Fsp3) is 0.316. The molecule has 5 heteroatoms. The third-order valence-electron chi connectivity index (χ3n) is 3.58. The fourth-order valence-electron chi connectivity index (χ4n) is 2.36. The van der Waals surface area contributed by atoms with E-state index in [1.54, 1.807) is 38.3 Å². The summed E-state index contributed by atoms with van der Waals surface area (Å²) in [6, 6.07) is 8.78. The van der Waals surface area contributed by atoms with Crippen LogP contribution in [0, 0.1) is 0 Å². The first-order valence-corrected chi connectivity index (χ1v) is 8.60. The van der Waals surface area contributed by atoms with Crippen LogP contribution in [0.3, 0.4) is 0 Å². The maximum atomic E-state index is 12.1. The largest absolute Gasteiger partial charge is 0.497 e. The fourth-order valence-corrected chi connectivity index (χ4v) is 3.27. The molecule has 0 aliphatic heterocycles. The van der Waals surface area contributed by atoms with Gasteiger partial charge in [0.1, 0.15) is 17.3 Å². The summed E-state index contributed by atoms with van der Waals surface area (Å²) in [6.07, 6.45) is 1.15. The van der Waals surface area contributed by atoms with E-state index in [4.69, 9.17) is 4.74 Å². The van der Waals surface area contributed by atoms with Crippen LogP contribution in [0.4, 0.5) is 0 Å². The van der Waals surface area contributed by atoms with Crippen molar-refractivity contribution < 1.29 is 19.1 Å². The standard InChI is InChI=1S/C19H20O4S/c1-13(20)9-14-10-18(24-12-14)11-16(21)5-8-19(22)15-3-6-17(23-2)7-4-15/h3-4,6-7,10,12H,5,8-9,11H2,1-2H3. The number of ether oxygens (including phenoxy) is 1. The Bertz CT molecular complexity index is 728. The van der Waals surface area contributed by atoms with Gasteiger partial charge in [0.25, 0.3) is 0 Å². The zero-order chi connectivity index (χ0) is 17.5. The zero-order valence-corrected chi connectivity index (χ0v) is 14.7. The molecule has 4 nitrogen and oxygen atoms in total. The minimum Gasteiger partial charge on any atom is -0.497 e. The Hall–Kier alpha value is -2.27. The van der Waals surface area contributed by atoms with E-state index in [9.17, 15) is 14.4 Å². The normalized spacial score (nSPS) is 10.4. The summed E-state index contributed by atoms with van der Waals surface area (Å²) < 4.78 is 5.05. The van der Waals surface area contributed by atoms with Crippen LogP contribution in [0.5, 0.6) is 5.75 Å². The Kier molecular flexibility index (Phi) is 6.44. The molecule has 126 valence electrons. The molecule has 24 heavy (non-hydrogen) atoms. The van der Waals surface area contributed by atoms with E-state index in [0.717, 1.165) is 10.4 Å². The number of hydrogen-bond donors (Lipinski definition) is 0. The van der Waals surface area contributed by atoms with Gasteiger partial charge in [0, 0.05) is 36.1 Å². The second-order valence-corrected chi connectivity index (χ2v) is 6.66. The number of methoxy groups -OCH3 is 1. The Morgan fingerprint density at radius 3 is 2.38 bits per heavy atom.